The highest BCUT2D eigenvalue weighted by atomic mass is 32.2. The summed E-state index contributed by atoms with van der Waals surface area (Å²) in [5.41, 5.74) is 2.09. The molecule has 0 spiro atoms. The molecule has 1 rings (SSSR count). The van der Waals surface area contributed by atoms with E-state index in [0.717, 1.165) is 18.5 Å². The van der Waals surface area contributed by atoms with Crippen LogP contribution in [0.2, 0.25) is 0 Å². The second kappa shape index (κ2) is 7.75. The van der Waals surface area contributed by atoms with Crippen LogP contribution >= 0.6 is 11.8 Å². The van der Waals surface area contributed by atoms with Crippen molar-refractivity contribution >= 4 is 23.4 Å². The Morgan fingerprint density at radius 3 is 2.71 bits per heavy atom. The number of nitrogens with one attached hydrogen (secondary N) is 1. The number of nitrogens with zero attached hydrogens (tertiary/aromatic N) is 1. The van der Waals surface area contributed by atoms with Crippen molar-refractivity contribution < 1.29 is 4.79 Å². The highest BCUT2D eigenvalue weighted by molar-refractivity contribution is 8.00. The molecule has 1 amide bonds. The monoisotopic (exact) mass is 248 g/mol. The van der Waals surface area contributed by atoms with Gasteiger partial charge in [-0.1, -0.05) is 25.5 Å². The van der Waals surface area contributed by atoms with E-state index in [-0.39, 0.29) is 5.91 Å². The summed E-state index contributed by atoms with van der Waals surface area (Å²) in [5, 5.41) is 11.1. The number of carbonyl (C=O) groups is 1. The van der Waals surface area contributed by atoms with Crippen LogP contribution in [0.25, 0.3) is 0 Å². The Kier molecular flexibility index (Phi) is 6.19. The van der Waals surface area contributed by atoms with Gasteiger partial charge < -0.3 is 5.32 Å². The summed E-state index contributed by atoms with van der Waals surface area (Å²) >= 11 is 1.32. The topological polar surface area (TPSA) is 52.9 Å². The molecule has 3 nitrogen and oxygen atoms in total. The molecule has 0 radical (unpaired) electrons. The van der Waals surface area contributed by atoms with Gasteiger partial charge in [0.05, 0.1) is 17.6 Å². The van der Waals surface area contributed by atoms with Gasteiger partial charge in [0.1, 0.15) is 0 Å². The van der Waals surface area contributed by atoms with Crippen LogP contribution < -0.4 is 5.32 Å². The summed E-state index contributed by atoms with van der Waals surface area (Å²) in [6.45, 7) is 2.14. The van der Waals surface area contributed by atoms with Gasteiger partial charge in [0.2, 0.25) is 5.91 Å². The van der Waals surface area contributed by atoms with Crippen LogP contribution in [0.15, 0.2) is 24.3 Å². The van der Waals surface area contributed by atoms with Crippen molar-refractivity contribution in [2.75, 3.05) is 16.8 Å². The lowest BCUT2D eigenvalue weighted by atomic mass is 10.1. The van der Waals surface area contributed by atoms with E-state index >= 15 is 0 Å². The maximum Gasteiger partial charge on any atom is 0.234 e. The van der Waals surface area contributed by atoms with Crippen LogP contribution in [0, 0.1) is 11.3 Å². The molecule has 0 heterocycles. The van der Waals surface area contributed by atoms with Crippen molar-refractivity contribution in [2.24, 2.45) is 0 Å². The van der Waals surface area contributed by atoms with E-state index in [9.17, 15) is 4.79 Å². The molecule has 0 aromatic heterocycles. The largest absolute Gasteiger partial charge is 0.325 e. The zero-order valence-corrected chi connectivity index (χ0v) is 10.7. The maximum atomic E-state index is 11.5. The molecule has 4 heteroatoms. The molecule has 90 valence electrons. The number of benzene rings is 1. The molecular formula is C13H16N2OS. The first-order valence-corrected chi connectivity index (χ1v) is 6.75. The van der Waals surface area contributed by atoms with Gasteiger partial charge in [0.15, 0.2) is 0 Å². The second-order valence-electron chi connectivity index (χ2n) is 3.65. The molecule has 1 aromatic carbocycles. The average Bonchev–Trinajstić information content (AvgIpc) is 2.32. The van der Waals surface area contributed by atoms with Crippen molar-refractivity contribution in [1.29, 1.82) is 5.26 Å². The van der Waals surface area contributed by atoms with Gasteiger partial charge in [0.25, 0.3) is 0 Å². The SMILES string of the molecule is CCCc1ccc(NC(=O)CSCC#N)cc1. The Morgan fingerprint density at radius 1 is 1.41 bits per heavy atom. The molecule has 0 fully saturated rings. The lowest BCUT2D eigenvalue weighted by Gasteiger charge is -2.05. The van der Waals surface area contributed by atoms with Crippen LogP contribution in [-0.4, -0.2) is 17.4 Å². The number of nitriles is 1. The quantitative estimate of drug-likeness (QED) is 0.788. The molecule has 0 aliphatic rings. The van der Waals surface area contributed by atoms with Crippen molar-refractivity contribution in [3.63, 3.8) is 0 Å². The summed E-state index contributed by atoms with van der Waals surface area (Å²) in [5.74, 6) is 0.612. The van der Waals surface area contributed by atoms with E-state index in [1.54, 1.807) is 0 Å². The van der Waals surface area contributed by atoms with Gasteiger partial charge >= 0.3 is 0 Å². The Bertz CT molecular complexity index is 395. The van der Waals surface area contributed by atoms with E-state index < -0.39 is 0 Å². The second-order valence-corrected chi connectivity index (χ2v) is 4.63. The van der Waals surface area contributed by atoms with Gasteiger partial charge in [-0.15, -0.1) is 11.8 Å². The minimum absolute atomic E-state index is 0.0616. The number of amides is 1. The van der Waals surface area contributed by atoms with Crippen LogP contribution in [0.3, 0.4) is 0 Å². The molecule has 0 saturated carbocycles. The molecule has 0 aliphatic heterocycles. The molecule has 17 heavy (non-hydrogen) atoms. The fraction of sp³-hybridized carbons (Fsp3) is 0.385. The fourth-order valence-corrected chi connectivity index (χ4v) is 1.88. The van der Waals surface area contributed by atoms with Crippen LogP contribution in [0.4, 0.5) is 5.69 Å². The molecule has 1 N–H and O–H groups in total. The van der Waals surface area contributed by atoms with Crippen molar-refractivity contribution in [2.45, 2.75) is 19.8 Å². The van der Waals surface area contributed by atoms with E-state index in [2.05, 4.69) is 12.2 Å². The van der Waals surface area contributed by atoms with Crippen LogP contribution in [0.1, 0.15) is 18.9 Å². The van der Waals surface area contributed by atoms with E-state index in [0.29, 0.717) is 11.5 Å². The van der Waals surface area contributed by atoms with Crippen LogP contribution in [0.5, 0.6) is 0 Å². The first kappa shape index (κ1) is 13.6. The van der Waals surface area contributed by atoms with E-state index in [1.807, 2.05) is 30.3 Å². The lowest BCUT2D eigenvalue weighted by molar-refractivity contribution is -0.113. The first-order chi connectivity index (χ1) is 8.26. The average molecular weight is 248 g/mol. The Balaban J connectivity index is 2.40. The molecule has 1 aromatic rings. The lowest BCUT2D eigenvalue weighted by Crippen LogP contribution is -2.14. The molecule has 0 aliphatic carbocycles. The smallest absolute Gasteiger partial charge is 0.234 e. The highest BCUT2D eigenvalue weighted by Gasteiger charge is 2.02. The van der Waals surface area contributed by atoms with Gasteiger partial charge in [-0.2, -0.15) is 5.26 Å². The minimum Gasteiger partial charge on any atom is -0.325 e. The summed E-state index contributed by atoms with van der Waals surface area (Å²) < 4.78 is 0. The number of thioether (sulfide) groups is 1. The zero-order valence-electron chi connectivity index (χ0n) is 9.90. The summed E-state index contributed by atoms with van der Waals surface area (Å²) in [6, 6.07) is 9.88. The minimum atomic E-state index is -0.0616. The van der Waals surface area contributed by atoms with Crippen LogP contribution in [-0.2, 0) is 11.2 Å². The Hall–Kier alpha value is -1.47. The van der Waals surface area contributed by atoms with Gasteiger partial charge in [-0.25, -0.2) is 0 Å². The third-order valence-electron chi connectivity index (χ3n) is 2.18. The zero-order chi connectivity index (χ0) is 12.5. The standard InChI is InChI=1S/C13H16N2OS/c1-2-3-11-4-6-12(7-5-11)15-13(16)10-17-9-8-14/h4-7H,2-3,9-10H2,1H3,(H,15,16). The number of aryl methyl sites for hydroxylation is 1. The molecular weight excluding hydrogens is 232 g/mol. The van der Waals surface area contributed by atoms with Crippen molar-refractivity contribution in [3.8, 4) is 6.07 Å². The van der Waals surface area contributed by atoms with Gasteiger partial charge in [-0.3, -0.25) is 4.79 Å². The third-order valence-corrected chi connectivity index (χ3v) is 2.98. The van der Waals surface area contributed by atoms with Gasteiger partial charge in [0, 0.05) is 5.69 Å². The predicted octanol–water partition coefficient (Wildman–Crippen LogP) is 2.83. The number of anilines is 1. The van der Waals surface area contributed by atoms with Crippen molar-refractivity contribution in [3.05, 3.63) is 29.8 Å². The Morgan fingerprint density at radius 2 is 2.12 bits per heavy atom. The fourth-order valence-electron chi connectivity index (χ4n) is 1.43. The van der Waals surface area contributed by atoms with E-state index in [4.69, 9.17) is 5.26 Å². The highest BCUT2D eigenvalue weighted by Crippen LogP contribution is 2.11. The summed E-state index contributed by atoms with van der Waals surface area (Å²) in [4.78, 5) is 11.5. The third kappa shape index (κ3) is 5.41. The Labute approximate surface area is 106 Å². The number of hydrogen-bond donors (Lipinski definition) is 1. The molecule has 0 atom stereocenters. The molecule has 0 saturated heterocycles. The number of hydrogen-bond acceptors (Lipinski definition) is 3. The van der Waals surface area contributed by atoms with Gasteiger partial charge in [-0.05, 0) is 24.1 Å². The summed E-state index contributed by atoms with van der Waals surface area (Å²) in [6.07, 6.45) is 2.18. The van der Waals surface area contributed by atoms with E-state index in [1.165, 1.54) is 17.3 Å². The summed E-state index contributed by atoms with van der Waals surface area (Å²) in [7, 11) is 0. The maximum absolute atomic E-state index is 11.5. The molecule has 0 unspecified atom stereocenters. The number of carbonyl (C=O) groups excluding carboxylic acids is 1. The molecule has 0 bridgehead atoms. The first-order valence-electron chi connectivity index (χ1n) is 5.59. The normalized spacial score (nSPS) is 9.65. The number of rotatable bonds is 6. The van der Waals surface area contributed by atoms with Crippen molar-refractivity contribution in [1.82, 2.24) is 0 Å². The predicted molar refractivity (Wildman–Crippen MR) is 72.0 cm³/mol.